The van der Waals surface area contributed by atoms with Crippen LogP contribution in [0.3, 0.4) is 0 Å². The molecule has 1 saturated carbocycles. The van der Waals surface area contributed by atoms with Crippen molar-refractivity contribution in [3.05, 3.63) is 46.9 Å². The Morgan fingerprint density at radius 2 is 2.10 bits per heavy atom. The third-order valence-electron chi connectivity index (χ3n) is 4.11. The number of aromatic nitrogens is 2. The number of hydrogen-bond acceptors (Lipinski definition) is 3. The van der Waals surface area contributed by atoms with Crippen LogP contribution in [-0.2, 0) is 13.6 Å². The summed E-state index contributed by atoms with van der Waals surface area (Å²) < 4.78 is 20.1. The van der Waals surface area contributed by atoms with Gasteiger partial charge in [-0.05, 0) is 31.0 Å². The number of hydrogen-bond donors (Lipinski definition) is 1. The molecule has 21 heavy (non-hydrogen) atoms. The number of nitrogens with one attached hydrogen (secondary N) is 1. The number of ether oxygens (including phenoxy) is 1. The van der Waals surface area contributed by atoms with Crippen molar-refractivity contribution < 1.29 is 9.13 Å². The molecule has 0 bridgehead atoms. The molecule has 1 aromatic heterocycles. The topological polar surface area (TPSA) is 39.1 Å². The lowest BCUT2D eigenvalue weighted by molar-refractivity contribution is 0.368. The first kappa shape index (κ1) is 14.1. The van der Waals surface area contributed by atoms with Crippen LogP contribution in [0.5, 0.6) is 5.88 Å². The summed E-state index contributed by atoms with van der Waals surface area (Å²) in [7, 11) is 3.55. The van der Waals surface area contributed by atoms with Crippen LogP contribution in [0, 0.1) is 12.7 Å². The highest BCUT2D eigenvalue weighted by Crippen LogP contribution is 2.41. The highest BCUT2D eigenvalue weighted by Gasteiger charge is 2.38. The van der Waals surface area contributed by atoms with E-state index >= 15 is 0 Å². The van der Waals surface area contributed by atoms with E-state index in [0.717, 1.165) is 30.1 Å². The second-order valence-electron chi connectivity index (χ2n) is 5.58. The van der Waals surface area contributed by atoms with E-state index in [2.05, 4.69) is 10.4 Å². The van der Waals surface area contributed by atoms with E-state index in [1.807, 2.05) is 26.1 Å². The SMILES string of the molecule is COc1c(CN[C@@H]2C[C@H]2c2ccc(F)cc2)c(C)nn1C. The molecule has 0 unspecified atom stereocenters. The Hall–Kier alpha value is -1.88. The van der Waals surface area contributed by atoms with Crippen molar-refractivity contribution in [2.75, 3.05) is 7.11 Å². The molecule has 0 saturated heterocycles. The van der Waals surface area contributed by atoms with Crippen molar-refractivity contribution in [2.45, 2.75) is 31.8 Å². The first-order valence-corrected chi connectivity index (χ1v) is 7.15. The summed E-state index contributed by atoms with van der Waals surface area (Å²) in [6, 6.07) is 7.24. The standard InChI is InChI=1S/C16H20FN3O/c1-10-14(16(21-3)20(2)19-10)9-18-15-8-13(15)11-4-6-12(17)7-5-11/h4-7,13,15,18H,8-9H2,1-3H3/t13-,15+/m0/s1. The minimum absolute atomic E-state index is 0.181. The van der Waals surface area contributed by atoms with E-state index in [4.69, 9.17) is 4.74 Å². The Morgan fingerprint density at radius 1 is 1.38 bits per heavy atom. The average Bonchev–Trinajstić information content (AvgIpc) is 3.17. The second kappa shape index (κ2) is 5.48. The summed E-state index contributed by atoms with van der Waals surface area (Å²) >= 11 is 0. The Kier molecular flexibility index (Phi) is 3.68. The van der Waals surface area contributed by atoms with E-state index in [1.54, 1.807) is 11.8 Å². The van der Waals surface area contributed by atoms with Gasteiger partial charge < -0.3 is 10.1 Å². The molecule has 112 valence electrons. The van der Waals surface area contributed by atoms with Crippen LogP contribution in [0.4, 0.5) is 4.39 Å². The van der Waals surface area contributed by atoms with Crippen LogP contribution in [0.1, 0.15) is 29.2 Å². The molecule has 1 aromatic carbocycles. The van der Waals surface area contributed by atoms with Gasteiger partial charge in [-0.25, -0.2) is 9.07 Å². The number of methoxy groups -OCH3 is 1. The molecule has 2 atom stereocenters. The van der Waals surface area contributed by atoms with Gasteiger partial charge in [0.15, 0.2) is 0 Å². The normalized spacial score (nSPS) is 20.6. The van der Waals surface area contributed by atoms with Crippen LogP contribution >= 0.6 is 0 Å². The average molecular weight is 289 g/mol. The van der Waals surface area contributed by atoms with Gasteiger partial charge in [0.25, 0.3) is 0 Å². The van der Waals surface area contributed by atoms with E-state index < -0.39 is 0 Å². The molecule has 0 amide bonds. The Labute approximate surface area is 123 Å². The van der Waals surface area contributed by atoms with E-state index in [1.165, 1.54) is 17.7 Å². The van der Waals surface area contributed by atoms with Crippen molar-refractivity contribution in [3.8, 4) is 5.88 Å². The molecule has 1 aliphatic carbocycles. The fraction of sp³-hybridized carbons (Fsp3) is 0.438. The number of nitrogens with zero attached hydrogens (tertiary/aromatic N) is 2. The minimum atomic E-state index is -0.181. The first-order chi connectivity index (χ1) is 10.1. The van der Waals surface area contributed by atoms with Gasteiger partial charge >= 0.3 is 0 Å². The van der Waals surface area contributed by atoms with Crippen molar-refractivity contribution in [1.82, 2.24) is 15.1 Å². The van der Waals surface area contributed by atoms with Gasteiger partial charge in [-0.15, -0.1) is 0 Å². The Morgan fingerprint density at radius 3 is 2.76 bits per heavy atom. The minimum Gasteiger partial charge on any atom is -0.481 e. The number of halogens is 1. The monoisotopic (exact) mass is 289 g/mol. The lowest BCUT2D eigenvalue weighted by Gasteiger charge is -2.07. The van der Waals surface area contributed by atoms with Crippen molar-refractivity contribution in [1.29, 1.82) is 0 Å². The molecule has 1 N–H and O–H groups in total. The molecule has 0 aliphatic heterocycles. The third kappa shape index (κ3) is 2.78. The fourth-order valence-corrected chi connectivity index (χ4v) is 2.87. The summed E-state index contributed by atoms with van der Waals surface area (Å²) in [5, 5.41) is 7.91. The summed E-state index contributed by atoms with van der Waals surface area (Å²) in [5.41, 5.74) is 3.29. The van der Waals surface area contributed by atoms with E-state index in [9.17, 15) is 4.39 Å². The molecule has 5 heteroatoms. The predicted octanol–water partition coefficient (Wildman–Crippen LogP) is 2.52. The van der Waals surface area contributed by atoms with Crippen LogP contribution in [0.15, 0.2) is 24.3 Å². The van der Waals surface area contributed by atoms with Gasteiger partial charge in [0.05, 0.1) is 18.4 Å². The lowest BCUT2D eigenvalue weighted by Crippen LogP contribution is -2.18. The van der Waals surface area contributed by atoms with E-state index in [-0.39, 0.29) is 5.82 Å². The molecule has 3 rings (SSSR count). The largest absolute Gasteiger partial charge is 0.481 e. The highest BCUT2D eigenvalue weighted by atomic mass is 19.1. The summed E-state index contributed by atoms with van der Waals surface area (Å²) in [5.74, 6) is 1.10. The predicted molar refractivity (Wildman–Crippen MR) is 78.9 cm³/mol. The fourth-order valence-electron chi connectivity index (χ4n) is 2.87. The lowest BCUT2D eigenvalue weighted by atomic mass is 10.1. The summed E-state index contributed by atoms with van der Waals surface area (Å²) in [6.45, 7) is 2.73. The van der Waals surface area contributed by atoms with Crippen molar-refractivity contribution in [3.63, 3.8) is 0 Å². The molecule has 1 aliphatic rings. The second-order valence-corrected chi connectivity index (χ2v) is 5.58. The van der Waals surface area contributed by atoms with Crippen molar-refractivity contribution >= 4 is 0 Å². The van der Waals surface area contributed by atoms with Gasteiger partial charge in [0.2, 0.25) is 5.88 Å². The smallest absolute Gasteiger partial charge is 0.216 e. The molecule has 2 aromatic rings. The summed E-state index contributed by atoms with van der Waals surface area (Å²) in [6.07, 6.45) is 1.09. The number of rotatable bonds is 5. The van der Waals surface area contributed by atoms with Crippen LogP contribution in [-0.4, -0.2) is 22.9 Å². The van der Waals surface area contributed by atoms with Gasteiger partial charge in [0.1, 0.15) is 5.82 Å². The first-order valence-electron chi connectivity index (χ1n) is 7.15. The zero-order chi connectivity index (χ0) is 15.0. The van der Waals surface area contributed by atoms with Crippen LogP contribution in [0.2, 0.25) is 0 Å². The molecule has 0 radical (unpaired) electrons. The van der Waals surface area contributed by atoms with Gasteiger partial charge in [0, 0.05) is 25.6 Å². The molecule has 1 heterocycles. The number of benzene rings is 1. The van der Waals surface area contributed by atoms with Gasteiger partial charge in [-0.3, -0.25) is 0 Å². The van der Waals surface area contributed by atoms with Crippen LogP contribution < -0.4 is 10.1 Å². The maximum absolute atomic E-state index is 12.9. The molecule has 1 fully saturated rings. The van der Waals surface area contributed by atoms with Crippen LogP contribution in [0.25, 0.3) is 0 Å². The van der Waals surface area contributed by atoms with Crippen molar-refractivity contribution in [2.24, 2.45) is 7.05 Å². The Balaban J connectivity index is 1.61. The highest BCUT2D eigenvalue weighted by molar-refractivity contribution is 5.32. The van der Waals surface area contributed by atoms with Gasteiger partial charge in [-0.1, -0.05) is 12.1 Å². The Bertz CT molecular complexity index is 636. The molecule has 0 spiro atoms. The maximum Gasteiger partial charge on any atom is 0.216 e. The molecule has 4 nitrogen and oxygen atoms in total. The molecular formula is C16H20FN3O. The zero-order valence-corrected chi connectivity index (χ0v) is 12.6. The van der Waals surface area contributed by atoms with E-state index in [0.29, 0.717) is 12.0 Å². The maximum atomic E-state index is 12.9. The van der Waals surface area contributed by atoms with Gasteiger partial charge in [-0.2, -0.15) is 5.10 Å². The quantitative estimate of drug-likeness (QED) is 0.919. The number of aryl methyl sites for hydroxylation is 2. The molecular weight excluding hydrogens is 269 g/mol. The third-order valence-corrected chi connectivity index (χ3v) is 4.11. The zero-order valence-electron chi connectivity index (χ0n) is 12.6. The summed E-state index contributed by atoms with van der Waals surface area (Å²) in [4.78, 5) is 0.